The molecule has 0 aliphatic heterocycles. The Morgan fingerprint density at radius 2 is 1.94 bits per heavy atom. The van der Waals surface area contributed by atoms with E-state index >= 15 is 0 Å². The zero-order valence-electron chi connectivity index (χ0n) is 17.6. The fourth-order valence-electron chi connectivity index (χ4n) is 2.93. The summed E-state index contributed by atoms with van der Waals surface area (Å²) in [4.78, 5) is 17.2. The molecule has 3 N–H and O–H groups in total. The number of thiazole rings is 1. The van der Waals surface area contributed by atoms with Gasteiger partial charge in [0.2, 0.25) is 11.1 Å². The molecule has 4 aromatic rings. The zero-order valence-corrected chi connectivity index (χ0v) is 19.2. The quantitative estimate of drug-likeness (QED) is 0.300. The summed E-state index contributed by atoms with van der Waals surface area (Å²) in [5, 5.41) is 13.7. The van der Waals surface area contributed by atoms with Crippen LogP contribution in [-0.2, 0) is 11.2 Å². The van der Waals surface area contributed by atoms with Crippen molar-refractivity contribution in [3.05, 3.63) is 71.4 Å². The lowest BCUT2D eigenvalue weighted by molar-refractivity contribution is -0.115. The minimum atomic E-state index is -0.431. The number of hydrogen-bond donors (Lipinski definition) is 2. The molecule has 4 rings (SSSR count). The van der Waals surface area contributed by atoms with Crippen LogP contribution >= 0.6 is 23.1 Å². The second-order valence-electron chi connectivity index (χ2n) is 6.95. The van der Waals surface area contributed by atoms with E-state index in [1.165, 1.54) is 27.8 Å². The number of nitrogen functional groups attached to an aromatic ring is 1. The molecular formula is C22H22N6O2S2. The Morgan fingerprint density at radius 1 is 1.19 bits per heavy atom. The monoisotopic (exact) mass is 466 g/mol. The highest BCUT2D eigenvalue weighted by Gasteiger charge is 2.20. The second kappa shape index (κ2) is 9.84. The molecule has 0 saturated carbocycles. The Labute approximate surface area is 193 Å². The van der Waals surface area contributed by atoms with Crippen molar-refractivity contribution in [2.24, 2.45) is 0 Å². The summed E-state index contributed by atoms with van der Waals surface area (Å²) in [7, 11) is 1.63. The smallest absolute Gasteiger partial charge is 0.239 e. The predicted molar refractivity (Wildman–Crippen MR) is 127 cm³/mol. The molecule has 0 fully saturated rings. The van der Waals surface area contributed by atoms with Gasteiger partial charge in [0.05, 0.1) is 18.1 Å². The minimum Gasteiger partial charge on any atom is -0.497 e. The first-order valence-corrected chi connectivity index (χ1v) is 11.6. The highest BCUT2D eigenvalue weighted by Crippen LogP contribution is 2.27. The first-order chi connectivity index (χ1) is 15.5. The van der Waals surface area contributed by atoms with Crippen LogP contribution in [-0.4, -0.2) is 38.1 Å². The van der Waals surface area contributed by atoms with Gasteiger partial charge in [0.15, 0.2) is 11.0 Å². The van der Waals surface area contributed by atoms with Crippen molar-refractivity contribution in [3.8, 4) is 17.0 Å². The van der Waals surface area contributed by atoms with Gasteiger partial charge < -0.3 is 15.9 Å². The Balaban J connectivity index is 1.37. The van der Waals surface area contributed by atoms with Crippen molar-refractivity contribution in [3.63, 3.8) is 0 Å². The molecule has 0 spiro atoms. The van der Waals surface area contributed by atoms with E-state index in [4.69, 9.17) is 10.6 Å². The molecule has 0 bridgehead atoms. The van der Waals surface area contributed by atoms with Crippen LogP contribution in [0.1, 0.15) is 18.3 Å². The van der Waals surface area contributed by atoms with E-state index in [9.17, 15) is 4.79 Å². The minimum absolute atomic E-state index is 0.177. The molecule has 10 heteroatoms. The third-order valence-corrected chi connectivity index (χ3v) is 6.53. The van der Waals surface area contributed by atoms with Gasteiger partial charge in [0, 0.05) is 17.4 Å². The summed E-state index contributed by atoms with van der Waals surface area (Å²) in [5.74, 6) is 7.40. The van der Waals surface area contributed by atoms with Crippen molar-refractivity contribution in [1.29, 1.82) is 0 Å². The van der Waals surface area contributed by atoms with Gasteiger partial charge in [0.1, 0.15) is 5.75 Å². The molecule has 0 saturated heterocycles. The van der Waals surface area contributed by atoms with Gasteiger partial charge in [-0.05, 0) is 24.6 Å². The lowest BCUT2D eigenvalue weighted by Crippen LogP contribution is -2.23. The highest BCUT2D eigenvalue weighted by molar-refractivity contribution is 8.00. The van der Waals surface area contributed by atoms with Crippen molar-refractivity contribution in [2.45, 2.75) is 23.8 Å². The molecule has 0 aliphatic carbocycles. The zero-order chi connectivity index (χ0) is 22.5. The number of aromatic nitrogens is 4. The average Bonchev–Trinajstić information content (AvgIpc) is 3.42. The maximum atomic E-state index is 12.7. The highest BCUT2D eigenvalue weighted by atomic mass is 32.2. The first-order valence-electron chi connectivity index (χ1n) is 9.84. The fourth-order valence-corrected chi connectivity index (χ4v) is 4.44. The third kappa shape index (κ3) is 5.09. The fraction of sp³-hybridized carbons (Fsp3) is 0.182. The largest absolute Gasteiger partial charge is 0.497 e. The van der Waals surface area contributed by atoms with Gasteiger partial charge >= 0.3 is 0 Å². The summed E-state index contributed by atoms with van der Waals surface area (Å²) in [6, 6.07) is 17.5. The van der Waals surface area contributed by atoms with Crippen LogP contribution in [0.15, 0.2) is 65.1 Å². The number of methoxy groups -OCH3 is 1. The van der Waals surface area contributed by atoms with Crippen LogP contribution in [0.5, 0.6) is 5.75 Å². The van der Waals surface area contributed by atoms with E-state index in [2.05, 4.69) is 20.5 Å². The van der Waals surface area contributed by atoms with E-state index in [0.717, 1.165) is 22.6 Å². The Hall–Kier alpha value is -3.37. The molecule has 2 heterocycles. The number of rotatable bonds is 8. The number of anilines is 1. The lowest BCUT2D eigenvalue weighted by Gasteiger charge is -2.10. The number of nitrogens with one attached hydrogen (secondary N) is 1. The van der Waals surface area contributed by atoms with Crippen molar-refractivity contribution >= 4 is 34.1 Å². The average molecular weight is 467 g/mol. The van der Waals surface area contributed by atoms with Gasteiger partial charge in [-0.25, -0.2) is 9.66 Å². The van der Waals surface area contributed by atoms with Gasteiger partial charge in [-0.1, -0.05) is 54.2 Å². The molecule has 1 amide bonds. The number of carbonyl (C=O) groups excluding carboxylic acids is 1. The maximum absolute atomic E-state index is 12.7. The number of benzene rings is 2. The molecule has 164 valence electrons. The third-order valence-electron chi connectivity index (χ3n) is 4.71. The van der Waals surface area contributed by atoms with E-state index < -0.39 is 5.25 Å². The number of amides is 1. The summed E-state index contributed by atoms with van der Waals surface area (Å²) in [5.41, 5.74) is 2.87. The molecule has 0 aliphatic rings. The van der Waals surface area contributed by atoms with Crippen LogP contribution in [0.25, 0.3) is 11.3 Å². The first kappa shape index (κ1) is 21.8. The molecule has 8 nitrogen and oxygen atoms in total. The van der Waals surface area contributed by atoms with Crippen LogP contribution in [0.4, 0.5) is 5.13 Å². The lowest BCUT2D eigenvalue weighted by atomic mass is 10.1. The second-order valence-corrected chi connectivity index (χ2v) is 9.11. The number of thioether (sulfide) groups is 1. The topological polar surface area (TPSA) is 108 Å². The standard InChI is InChI=1S/C22H22N6O2S2/c1-14(20(29)25-21-24-18(13-31-21)16-6-4-3-5-7-16)32-22-27-26-19(28(22)23)12-15-8-10-17(30-2)11-9-15/h3-11,13-14H,12,23H2,1-2H3,(H,24,25,29). The SMILES string of the molecule is COc1ccc(Cc2nnc(SC(C)C(=O)Nc3nc(-c4ccccc4)cs3)n2N)cc1. The number of nitrogens with two attached hydrogens (primary N) is 1. The summed E-state index contributed by atoms with van der Waals surface area (Å²) >= 11 is 2.64. The van der Waals surface area contributed by atoms with Crippen molar-refractivity contribution < 1.29 is 9.53 Å². The van der Waals surface area contributed by atoms with Crippen LogP contribution < -0.4 is 15.9 Å². The van der Waals surface area contributed by atoms with E-state index in [0.29, 0.717) is 22.5 Å². The molecule has 32 heavy (non-hydrogen) atoms. The van der Waals surface area contributed by atoms with E-state index in [1.807, 2.05) is 60.0 Å². The normalized spacial score (nSPS) is 11.8. The van der Waals surface area contributed by atoms with Crippen molar-refractivity contribution in [2.75, 3.05) is 18.3 Å². The molecule has 2 aromatic heterocycles. The molecule has 1 unspecified atom stereocenters. The Morgan fingerprint density at radius 3 is 2.66 bits per heavy atom. The number of ether oxygens (including phenoxy) is 1. The predicted octanol–water partition coefficient (Wildman–Crippen LogP) is 3.83. The van der Waals surface area contributed by atoms with Crippen molar-refractivity contribution in [1.82, 2.24) is 19.9 Å². The molecular weight excluding hydrogens is 444 g/mol. The number of nitrogens with zero attached hydrogens (tertiary/aromatic N) is 4. The summed E-state index contributed by atoms with van der Waals surface area (Å²) < 4.78 is 6.60. The van der Waals surface area contributed by atoms with Gasteiger partial charge in [-0.3, -0.25) is 4.79 Å². The van der Waals surface area contributed by atoms with Crippen LogP contribution in [0, 0.1) is 0 Å². The van der Waals surface area contributed by atoms with Crippen LogP contribution in [0.3, 0.4) is 0 Å². The number of hydrogen-bond acceptors (Lipinski definition) is 8. The van der Waals surface area contributed by atoms with E-state index in [1.54, 1.807) is 14.0 Å². The molecule has 2 aromatic carbocycles. The van der Waals surface area contributed by atoms with Gasteiger partial charge in [-0.15, -0.1) is 21.5 Å². The van der Waals surface area contributed by atoms with Crippen LogP contribution in [0.2, 0.25) is 0 Å². The Bertz CT molecular complexity index is 1190. The van der Waals surface area contributed by atoms with Gasteiger partial charge in [-0.2, -0.15) is 0 Å². The Kier molecular flexibility index (Phi) is 6.72. The van der Waals surface area contributed by atoms with Gasteiger partial charge in [0.25, 0.3) is 0 Å². The molecule has 0 radical (unpaired) electrons. The summed E-state index contributed by atoms with van der Waals surface area (Å²) in [6.07, 6.45) is 0.524. The number of carbonyl (C=O) groups is 1. The maximum Gasteiger partial charge on any atom is 0.239 e. The summed E-state index contributed by atoms with van der Waals surface area (Å²) in [6.45, 7) is 1.80. The van der Waals surface area contributed by atoms with E-state index in [-0.39, 0.29) is 5.91 Å². The molecule has 1 atom stereocenters.